The molecule has 5 nitrogen and oxygen atoms in total. The van der Waals surface area contributed by atoms with Crippen LogP contribution in [0.25, 0.3) is 0 Å². The van der Waals surface area contributed by atoms with Crippen LogP contribution >= 0.6 is 0 Å². The molecule has 5 heteroatoms. The number of nitrogens with one attached hydrogen (secondary N) is 1. The van der Waals surface area contributed by atoms with Gasteiger partial charge in [0.1, 0.15) is 6.61 Å². The standard InChI is InChI=1S/C24H36N2O3/c1-16-5-8-19-20(13-16)24(3)9-10-26(15-18-6-7-18)23(17(24)2)22(19)25-14-21(27)29-12-11-28-4/h5,8,13,17-18,22-23,25H,6-7,9-12,14-15H2,1-4H3/t17-,22?,23-,24-/m0/s1. The Balaban J connectivity index is 1.60. The van der Waals surface area contributed by atoms with Gasteiger partial charge >= 0.3 is 5.97 Å². The first-order valence-corrected chi connectivity index (χ1v) is 11.2. The molecule has 0 radical (unpaired) electrons. The summed E-state index contributed by atoms with van der Waals surface area (Å²) in [5.41, 5.74) is 4.35. The average molecular weight is 401 g/mol. The predicted molar refractivity (Wildman–Crippen MR) is 114 cm³/mol. The number of aryl methyl sites for hydroxylation is 1. The molecule has 1 N–H and O–H groups in total. The van der Waals surface area contributed by atoms with E-state index >= 15 is 0 Å². The number of fused-ring (bicyclic) bond motifs is 4. The zero-order chi connectivity index (χ0) is 20.6. The maximum atomic E-state index is 12.3. The van der Waals surface area contributed by atoms with Crippen LogP contribution < -0.4 is 5.32 Å². The molecule has 29 heavy (non-hydrogen) atoms. The minimum absolute atomic E-state index is 0.155. The van der Waals surface area contributed by atoms with Gasteiger partial charge in [0.25, 0.3) is 0 Å². The van der Waals surface area contributed by atoms with Crippen molar-refractivity contribution in [3.8, 4) is 0 Å². The molecular formula is C24H36N2O3. The normalized spacial score (nSPS) is 31.4. The smallest absolute Gasteiger partial charge is 0.320 e. The van der Waals surface area contributed by atoms with E-state index in [2.05, 4.69) is 49.2 Å². The van der Waals surface area contributed by atoms with E-state index in [1.165, 1.54) is 42.5 Å². The molecule has 2 fully saturated rings. The van der Waals surface area contributed by atoms with Gasteiger partial charge in [-0.1, -0.05) is 37.6 Å². The molecule has 1 aliphatic heterocycles. The maximum absolute atomic E-state index is 12.3. The van der Waals surface area contributed by atoms with Gasteiger partial charge in [-0.05, 0) is 61.1 Å². The molecule has 4 atom stereocenters. The monoisotopic (exact) mass is 400 g/mol. The minimum atomic E-state index is -0.207. The van der Waals surface area contributed by atoms with Crippen LogP contribution in [0.1, 0.15) is 55.8 Å². The largest absolute Gasteiger partial charge is 0.462 e. The quantitative estimate of drug-likeness (QED) is 0.536. The zero-order valence-electron chi connectivity index (χ0n) is 18.4. The second-order valence-electron chi connectivity index (χ2n) is 9.55. The van der Waals surface area contributed by atoms with E-state index in [0.29, 0.717) is 25.2 Å². The molecule has 1 unspecified atom stereocenters. The van der Waals surface area contributed by atoms with Crippen LogP contribution in [0.2, 0.25) is 0 Å². The number of carbonyl (C=O) groups is 1. The Kier molecular flexibility index (Phi) is 6.01. The third kappa shape index (κ3) is 4.10. The van der Waals surface area contributed by atoms with Crippen molar-refractivity contribution in [2.45, 2.75) is 57.5 Å². The predicted octanol–water partition coefficient (Wildman–Crippen LogP) is 3.21. The Bertz CT molecular complexity index is 748. The zero-order valence-corrected chi connectivity index (χ0v) is 18.4. The van der Waals surface area contributed by atoms with Crippen LogP contribution in [0.4, 0.5) is 0 Å². The molecule has 1 heterocycles. The number of benzene rings is 1. The Morgan fingerprint density at radius 3 is 2.83 bits per heavy atom. The molecule has 1 aromatic carbocycles. The molecule has 1 saturated carbocycles. The molecule has 4 rings (SSSR count). The summed E-state index contributed by atoms with van der Waals surface area (Å²) in [5.74, 6) is 1.19. The van der Waals surface area contributed by atoms with E-state index in [9.17, 15) is 4.79 Å². The number of carbonyl (C=O) groups excluding carboxylic acids is 1. The summed E-state index contributed by atoms with van der Waals surface area (Å²) in [5, 5.41) is 3.59. The van der Waals surface area contributed by atoms with Crippen LogP contribution in [-0.2, 0) is 19.7 Å². The fourth-order valence-electron chi connectivity index (χ4n) is 5.50. The van der Waals surface area contributed by atoms with Gasteiger partial charge in [0.2, 0.25) is 0 Å². The minimum Gasteiger partial charge on any atom is -0.462 e. The number of methoxy groups -OCH3 is 1. The molecule has 2 aliphatic carbocycles. The maximum Gasteiger partial charge on any atom is 0.320 e. The van der Waals surface area contributed by atoms with Crippen molar-refractivity contribution in [3.05, 3.63) is 34.9 Å². The number of hydrogen-bond acceptors (Lipinski definition) is 5. The van der Waals surface area contributed by atoms with Gasteiger partial charge in [-0.15, -0.1) is 0 Å². The van der Waals surface area contributed by atoms with Gasteiger partial charge in [0, 0.05) is 25.7 Å². The van der Waals surface area contributed by atoms with Crippen LogP contribution in [0, 0.1) is 18.8 Å². The Labute approximate surface area is 175 Å². The Morgan fingerprint density at radius 2 is 2.10 bits per heavy atom. The SMILES string of the molecule is COCCOC(=O)CNC1c2ccc(C)cc2[C@@]2(C)CCN(CC3CC3)[C@H]1[C@@H]2C. The summed E-state index contributed by atoms with van der Waals surface area (Å²) in [7, 11) is 1.61. The van der Waals surface area contributed by atoms with Crippen molar-refractivity contribution in [1.82, 2.24) is 10.2 Å². The summed E-state index contributed by atoms with van der Waals surface area (Å²) in [6.45, 7) is 10.4. The number of ether oxygens (including phenoxy) is 2. The average Bonchev–Trinajstić information content (AvgIpc) is 3.51. The molecule has 0 spiro atoms. The molecule has 0 aromatic heterocycles. The second-order valence-corrected chi connectivity index (χ2v) is 9.55. The molecule has 1 saturated heterocycles. The van der Waals surface area contributed by atoms with Crippen LogP contribution in [-0.4, -0.2) is 56.9 Å². The first kappa shape index (κ1) is 20.8. The molecular weight excluding hydrogens is 364 g/mol. The van der Waals surface area contributed by atoms with Crippen molar-refractivity contribution < 1.29 is 14.3 Å². The number of hydrogen-bond donors (Lipinski definition) is 1. The summed E-state index contributed by atoms with van der Waals surface area (Å²) >= 11 is 0. The van der Waals surface area contributed by atoms with Crippen molar-refractivity contribution in [3.63, 3.8) is 0 Å². The third-order valence-corrected chi connectivity index (χ3v) is 7.56. The van der Waals surface area contributed by atoms with E-state index in [1.54, 1.807) is 7.11 Å². The van der Waals surface area contributed by atoms with E-state index in [-0.39, 0.29) is 24.0 Å². The summed E-state index contributed by atoms with van der Waals surface area (Å²) in [6.07, 6.45) is 3.95. The van der Waals surface area contributed by atoms with Crippen molar-refractivity contribution in [2.24, 2.45) is 11.8 Å². The highest BCUT2D eigenvalue weighted by Gasteiger charge is 2.53. The molecule has 3 aliphatic rings. The summed E-state index contributed by atoms with van der Waals surface area (Å²) in [6, 6.07) is 7.45. The van der Waals surface area contributed by atoms with Crippen molar-refractivity contribution >= 4 is 5.97 Å². The van der Waals surface area contributed by atoms with Crippen molar-refractivity contribution in [2.75, 3.05) is 40.0 Å². The number of likely N-dealkylation sites (tertiary alicyclic amines) is 1. The van der Waals surface area contributed by atoms with E-state index in [1.807, 2.05) is 0 Å². The lowest BCUT2D eigenvalue weighted by Gasteiger charge is -2.57. The topological polar surface area (TPSA) is 50.8 Å². The summed E-state index contributed by atoms with van der Waals surface area (Å²) < 4.78 is 10.3. The lowest BCUT2D eigenvalue weighted by Crippen LogP contribution is -2.62. The van der Waals surface area contributed by atoms with Crippen LogP contribution in [0.5, 0.6) is 0 Å². The Hall–Kier alpha value is -1.43. The van der Waals surface area contributed by atoms with Gasteiger partial charge < -0.3 is 9.47 Å². The van der Waals surface area contributed by atoms with E-state index < -0.39 is 0 Å². The highest BCUT2D eigenvalue weighted by molar-refractivity contribution is 5.71. The molecule has 1 aromatic rings. The van der Waals surface area contributed by atoms with Gasteiger partial charge in [0.05, 0.1) is 13.2 Å². The third-order valence-electron chi connectivity index (χ3n) is 7.56. The molecule has 2 bridgehead atoms. The fraction of sp³-hybridized carbons (Fsp3) is 0.708. The van der Waals surface area contributed by atoms with Gasteiger partial charge in [0.15, 0.2) is 0 Å². The van der Waals surface area contributed by atoms with E-state index in [0.717, 1.165) is 12.5 Å². The lowest BCUT2D eigenvalue weighted by atomic mass is 9.57. The Morgan fingerprint density at radius 1 is 1.31 bits per heavy atom. The number of piperidine rings is 1. The van der Waals surface area contributed by atoms with Crippen LogP contribution in [0.15, 0.2) is 18.2 Å². The molecule has 160 valence electrons. The number of esters is 1. The van der Waals surface area contributed by atoms with Crippen molar-refractivity contribution in [1.29, 1.82) is 0 Å². The first-order chi connectivity index (χ1) is 13.9. The summed E-state index contributed by atoms with van der Waals surface area (Å²) in [4.78, 5) is 15.0. The number of nitrogens with zero attached hydrogens (tertiary/aromatic N) is 1. The highest BCUT2D eigenvalue weighted by Crippen LogP contribution is 2.53. The second kappa shape index (κ2) is 8.37. The number of rotatable bonds is 8. The fourth-order valence-corrected chi connectivity index (χ4v) is 5.50. The molecule has 0 amide bonds. The van der Waals surface area contributed by atoms with Gasteiger partial charge in [-0.2, -0.15) is 0 Å². The van der Waals surface area contributed by atoms with Crippen LogP contribution in [0.3, 0.4) is 0 Å². The van der Waals surface area contributed by atoms with Gasteiger partial charge in [-0.3, -0.25) is 15.0 Å². The van der Waals surface area contributed by atoms with Gasteiger partial charge in [-0.25, -0.2) is 0 Å². The lowest BCUT2D eigenvalue weighted by molar-refractivity contribution is -0.144. The first-order valence-electron chi connectivity index (χ1n) is 11.2. The van der Waals surface area contributed by atoms with E-state index in [4.69, 9.17) is 9.47 Å². The highest BCUT2D eigenvalue weighted by atomic mass is 16.6.